The van der Waals surface area contributed by atoms with E-state index < -0.39 is 0 Å². The molecule has 0 fully saturated rings. The Morgan fingerprint density at radius 1 is 1.19 bits per heavy atom. The van der Waals surface area contributed by atoms with E-state index in [-0.39, 0.29) is 0 Å². The Balaban J connectivity index is 1.67. The van der Waals surface area contributed by atoms with Crippen LogP contribution in [-0.2, 0) is 19.4 Å². The first-order valence-corrected chi connectivity index (χ1v) is 10.7. The number of hydrogen-bond acceptors (Lipinski definition) is 4. The SMILES string of the molecule is CCNC(=NCCCN(C)Cc1ccccc1)NCCc1ncc(CC)s1. The molecule has 5 nitrogen and oxygen atoms in total. The van der Waals surface area contributed by atoms with Crippen LogP contribution in [0, 0.1) is 0 Å². The number of aliphatic imine (C=N–C) groups is 1. The van der Waals surface area contributed by atoms with Crippen molar-refractivity contribution < 1.29 is 0 Å². The number of hydrogen-bond donors (Lipinski definition) is 2. The highest BCUT2D eigenvalue weighted by atomic mass is 32.1. The molecule has 1 aromatic heterocycles. The van der Waals surface area contributed by atoms with Gasteiger partial charge in [-0.05, 0) is 38.9 Å². The van der Waals surface area contributed by atoms with Crippen molar-refractivity contribution in [3.05, 3.63) is 52.0 Å². The molecule has 0 amide bonds. The van der Waals surface area contributed by atoms with Crippen LogP contribution in [0.4, 0.5) is 0 Å². The Labute approximate surface area is 167 Å². The summed E-state index contributed by atoms with van der Waals surface area (Å²) < 4.78 is 0. The zero-order chi connectivity index (χ0) is 19.3. The second-order valence-electron chi connectivity index (χ2n) is 6.59. The molecule has 1 aromatic carbocycles. The first-order valence-electron chi connectivity index (χ1n) is 9.89. The lowest BCUT2D eigenvalue weighted by Crippen LogP contribution is -2.38. The van der Waals surface area contributed by atoms with Crippen LogP contribution in [-0.4, -0.2) is 49.1 Å². The monoisotopic (exact) mass is 387 g/mol. The first-order chi connectivity index (χ1) is 13.2. The lowest BCUT2D eigenvalue weighted by molar-refractivity contribution is 0.324. The molecule has 0 aliphatic carbocycles. The van der Waals surface area contributed by atoms with E-state index in [4.69, 9.17) is 4.99 Å². The summed E-state index contributed by atoms with van der Waals surface area (Å²) >= 11 is 1.81. The minimum absolute atomic E-state index is 0.825. The molecule has 148 valence electrons. The number of nitrogens with one attached hydrogen (secondary N) is 2. The van der Waals surface area contributed by atoms with Crippen LogP contribution in [0.2, 0.25) is 0 Å². The normalized spacial score (nSPS) is 11.8. The highest BCUT2D eigenvalue weighted by Crippen LogP contribution is 2.13. The molecule has 0 aliphatic heterocycles. The predicted octanol–water partition coefficient (Wildman–Crippen LogP) is 3.33. The van der Waals surface area contributed by atoms with E-state index in [0.29, 0.717) is 0 Å². The summed E-state index contributed by atoms with van der Waals surface area (Å²) in [4.78, 5) is 12.9. The molecule has 2 rings (SSSR count). The maximum Gasteiger partial charge on any atom is 0.191 e. The summed E-state index contributed by atoms with van der Waals surface area (Å²) in [6.07, 6.45) is 5.04. The lowest BCUT2D eigenvalue weighted by Gasteiger charge is -2.16. The lowest BCUT2D eigenvalue weighted by atomic mass is 10.2. The molecular formula is C21H33N5S. The van der Waals surface area contributed by atoms with Gasteiger partial charge in [-0.15, -0.1) is 11.3 Å². The average molecular weight is 388 g/mol. The molecule has 0 unspecified atom stereocenters. The van der Waals surface area contributed by atoms with Crippen molar-refractivity contribution in [2.45, 2.75) is 39.7 Å². The molecule has 0 saturated carbocycles. The first kappa shape index (κ1) is 21.4. The summed E-state index contributed by atoms with van der Waals surface area (Å²) in [5.41, 5.74) is 1.35. The van der Waals surface area contributed by atoms with Crippen LogP contribution in [0.3, 0.4) is 0 Å². The molecular weight excluding hydrogens is 354 g/mol. The Morgan fingerprint density at radius 3 is 2.70 bits per heavy atom. The quantitative estimate of drug-likeness (QED) is 0.353. The van der Waals surface area contributed by atoms with Crippen LogP contribution in [0.1, 0.15) is 35.7 Å². The number of guanidine groups is 1. The summed E-state index contributed by atoms with van der Waals surface area (Å²) in [7, 11) is 2.17. The predicted molar refractivity (Wildman–Crippen MR) is 117 cm³/mol. The van der Waals surface area contributed by atoms with Gasteiger partial charge in [0, 0.05) is 43.7 Å². The molecule has 1 heterocycles. The van der Waals surface area contributed by atoms with Gasteiger partial charge in [-0.3, -0.25) is 4.99 Å². The number of thiazole rings is 1. The molecule has 2 N–H and O–H groups in total. The van der Waals surface area contributed by atoms with Crippen LogP contribution in [0.15, 0.2) is 41.5 Å². The van der Waals surface area contributed by atoms with E-state index in [1.54, 1.807) is 11.3 Å². The minimum atomic E-state index is 0.825. The number of benzene rings is 1. The van der Waals surface area contributed by atoms with E-state index in [9.17, 15) is 0 Å². The van der Waals surface area contributed by atoms with Gasteiger partial charge in [0.05, 0.1) is 5.01 Å². The third-order valence-corrected chi connectivity index (χ3v) is 5.39. The highest BCUT2D eigenvalue weighted by molar-refractivity contribution is 7.11. The fourth-order valence-corrected chi connectivity index (χ4v) is 3.62. The van der Waals surface area contributed by atoms with Crippen LogP contribution < -0.4 is 10.6 Å². The standard InChI is InChI=1S/C21H33N5S/c1-4-19-16-25-20(27-19)12-14-24-21(22-5-2)23-13-9-15-26(3)17-18-10-7-6-8-11-18/h6-8,10-11,16H,4-5,9,12-15,17H2,1-3H3,(H2,22,23,24). The number of nitrogens with zero attached hydrogens (tertiary/aromatic N) is 3. The second-order valence-corrected chi connectivity index (χ2v) is 7.79. The largest absolute Gasteiger partial charge is 0.357 e. The molecule has 0 bridgehead atoms. The van der Waals surface area contributed by atoms with Crippen molar-refractivity contribution in [2.75, 3.05) is 33.2 Å². The van der Waals surface area contributed by atoms with E-state index in [1.165, 1.54) is 15.4 Å². The molecule has 0 radical (unpaired) electrons. The fourth-order valence-electron chi connectivity index (χ4n) is 2.76. The second kappa shape index (κ2) is 12.5. The van der Waals surface area contributed by atoms with Gasteiger partial charge in [0.15, 0.2) is 5.96 Å². The van der Waals surface area contributed by atoms with Gasteiger partial charge in [0.2, 0.25) is 0 Å². The van der Waals surface area contributed by atoms with Gasteiger partial charge in [-0.1, -0.05) is 37.3 Å². The molecule has 27 heavy (non-hydrogen) atoms. The maximum atomic E-state index is 4.70. The van der Waals surface area contributed by atoms with Gasteiger partial charge >= 0.3 is 0 Å². The maximum absolute atomic E-state index is 4.70. The van der Waals surface area contributed by atoms with Crippen LogP contribution in [0.25, 0.3) is 0 Å². The highest BCUT2D eigenvalue weighted by Gasteiger charge is 2.03. The van der Waals surface area contributed by atoms with Gasteiger partial charge < -0.3 is 15.5 Å². The number of rotatable bonds is 11. The Hall–Kier alpha value is -1.92. The topological polar surface area (TPSA) is 52.6 Å². The van der Waals surface area contributed by atoms with Crippen molar-refractivity contribution in [3.63, 3.8) is 0 Å². The Kier molecular flexibility index (Phi) is 9.87. The third-order valence-electron chi connectivity index (χ3n) is 4.19. The Morgan fingerprint density at radius 2 is 2.00 bits per heavy atom. The molecule has 0 atom stereocenters. The van der Waals surface area contributed by atoms with Crippen LogP contribution >= 0.6 is 11.3 Å². The van der Waals surface area contributed by atoms with Crippen molar-refractivity contribution in [1.82, 2.24) is 20.5 Å². The van der Waals surface area contributed by atoms with Gasteiger partial charge in [-0.2, -0.15) is 0 Å². The average Bonchev–Trinajstić information content (AvgIpc) is 3.14. The zero-order valence-electron chi connectivity index (χ0n) is 16.9. The molecule has 2 aromatic rings. The summed E-state index contributed by atoms with van der Waals surface area (Å²) in [6.45, 7) is 8.84. The fraction of sp³-hybridized carbons (Fsp3) is 0.524. The van der Waals surface area contributed by atoms with E-state index in [1.807, 2.05) is 6.20 Å². The van der Waals surface area contributed by atoms with Gasteiger partial charge in [-0.25, -0.2) is 4.98 Å². The molecule has 0 aliphatic rings. The van der Waals surface area contributed by atoms with Crippen molar-refractivity contribution >= 4 is 17.3 Å². The number of aromatic nitrogens is 1. The summed E-state index contributed by atoms with van der Waals surface area (Å²) in [5.74, 6) is 0.899. The van der Waals surface area contributed by atoms with Crippen molar-refractivity contribution in [2.24, 2.45) is 4.99 Å². The van der Waals surface area contributed by atoms with E-state index in [2.05, 4.69) is 71.7 Å². The minimum Gasteiger partial charge on any atom is -0.357 e. The zero-order valence-corrected chi connectivity index (χ0v) is 17.7. The summed E-state index contributed by atoms with van der Waals surface area (Å²) in [5, 5.41) is 7.93. The van der Waals surface area contributed by atoms with Gasteiger partial charge in [0.1, 0.15) is 0 Å². The van der Waals surface area contributed by atoms with Crippen molar-refractivity contribution in [3.8, 4) is 0 Å². The number of aryl methyl sites for hydroxylation is 1. The summed E-state index contributed by atoms with van der Waals surface area (Å²) in [6, 6.07) is 10.6. The van der Waals surface area contributed by atoms with E-state index in [0.717, 1.165) is 57.9 Å². The van der Waals surface area contributed by atoms with Crippen molar-refractivity contribution in [1.29, 1.82) is 0 Å². The molecule has 0 saturated heterocycles. The van der Waals surface area contributed by atoms with E-state index >= 15 is 0 Å². The smallest absolute Gasteiger partial charge is 0.191 e. The third kappa shape index (κ3) is 8.54. The Bertz CT molecular complexity index is 668. The molecule has 0 spiro atoms. The molecule has 6 heteroatoms. The van der Waals surface area contributed by atoms with Gasteiger partial charge in [0.25, 0.3) is 0 Å². The van der Waals surface area contributed by atoms with Crippen LogP contribution in [0.5, 0.6) is 0 Å².